The number of nitrogens with two attached hydrogens (primary N) is 1. The van der Waals surface area contributed by atoms with Crippen LogP contribution < -0.4 is 11.1 Å². The van der Waals surface area contributed by atoms with Gasteiger partial charge in [-0.1, -0.05) is 13.8 Å². The SMILES string of the molecule is CC(C)CC(O)CNC(=O)c1cc(N)n[nH]1. The zero-order valence-corrected chi connectivity index (χ0v) is 9.53. The van der Waals surface area contributed by atoms with Crippen LogP contribution in [0.2, 0.25) is 0 Å². The number of nitrogens with one attached hydrogen (secondary N) is 2. The van der Waals surface area contributed by atoms with E-state index in [2.05, 4.69) is 15.5 Å². The lowest BCUT2D eigenvalue weighted by atomic mass is 10.1. The first kappa shape index (κ1) is 12.5. The molecule has 5 N–H and O–H groups in total. The van der Waals surface area contributed by atoms with Crippen molar-refractivity contribution in [1.29, 1.82) is 0 Å². The Morgan fingerprint density at radius 2 is 2.38 bits per heavy atom. The molecule has 0 saturated heterocycles. The molecular formula is C10H18N4O2. The number of carbonyl (C=O) groups is 1. The topological polar surface area (TPSA) is 104 Å². The van der Waals surface area contributed by atoms with E-state index in [-0.39, 0.29) is 18.3 Å². The molecule has 90 valence electrons. The molecule has 16 heavy (non-hydrogen) atoms. The second-order valence-electron chi connectivity index (χ2n) is 4.20. The van der Waals surface area contributed by atoms with Gasteiger partial charge < -0.3 is 16.2 Å². The van der Waals surface area contributed by atoms with Crippen molar-refractivity contribution in [2.45, 2.75) is 26.4 Å². The number of aromatic amines is 1. The lowest BCUT2D eigenvalue weighted by molar-refractivity contribution is 0.0895. The summed E-state index contributed by atoms with van der Waals surface area (Å²) in [6.45, 7) is 4.26. The van der Waals surface area contributed by atoms with Crippen molar-refractivity contribution in [3.63, 3.8) is 0 Å². The van der Waals surface area contributed by atoms with Crippen LogP contribution >= 0.6 is 0 Å². The predicted molar refractivity (Wildman–Crippen MR) is 60.8 cm³/mol. The molecule has 1 aromatic rings. The Morgan fingerprint density at radius 3 is 2.88 bits per heavy atom. The highest BCUT2D eigenvalue weighted by Crippen LogP contribution is 2.04. The molecule has 1 heterocycles. The van der Waals surface area contributed by atoms with Crippen molar-refractivity contribution in [2.75, 3.05) is 12.3 Å². The van der Waals surface area contributed by atoms with Crippen LogP contribution in [0.5, 0.6) is 0 Å². The molecule has 1 atom stereocenters. The maximum Gasteiger partial charge on any atom is 0.269 e. The first-order valence-corrected chi connectivity index (χ1v) is 5.26. The number of carbonyl (C=O) groups excluding carboxylic acids is 1. The van der Waals surface area contributed by atoms with E-state index >= 15 is 0 Å². The number of hydrogen-bond donors (Lipinski definition) is 4. The molecule has 1 rings (SSSR count). The first-order chi connectivity index (χ1) is 7.49. The Kier molecular flexibility index (Phi) is 4.30. The summed E-state index contributed by atoms with van der Waals surface area (Å²) in [4.78, 5) is 11.5. The molecule has 0 spiro atoms. The molecule has 6 heteroatoms. The minimum Gasteiger partial charge on any atom is -0.391 e. The van der Waals surface area contributed by atoms with Crippen molar-refractivity contribution in [2.24, 2.45) is 5.92 Å². The second kappa shape index (κ2) is 5.50. The normalized spacial score (nSPS) is 12.8. The zero-order chi connectivity index (χ0) is 12.1. The molecule has 6 nitrogen and oxygen atoms in total. The summed E-state index contributed by atoms with van der Waals surface area (Å²) >= 11 is 0. The molecule has 0 radical (unpaired) electrons. The summed E-state index contributed by atoms with van der Waals surface area (Å²) in [5, 5.41) is 18.3. The van der Waals surface area contributed by atoms with Crippen LogP contribution in [0.1, 0.15) is 30.8 Å². The fourth-order valence-corrected chi connectivity index (χ4v) is 1.39. The Bertz CT molecular complexity index is 348. The third-order valence-corrected chi connectivity index (χ3v) is 2.08. The molecule has 0 aromatic carbocycles. The molecule has 0 fully saturated rings. The molecule has 1 aromatic heterocycles. The third-order valence-electron chi connectivity index (χ3n) is 2.08. The Labute approximate surface area is 94.2 Å². The molecule has 1 unspecified atom stereocenters. The van der Waals surface area contributed by atoms with Crippen LogP contribution in [0, 0.1) is 5.92 Å². The largest absolute Gasteiger partial charge is 0.391 e. The van der Waals surface area contributed by atoms with Crippen LogP contribution in [-0.2, 0) is 0 Å². The van der Waals surface area contributed by atoms with Gasteiger partial charge in [0.2, 0.25) is 0 Å². The standard InChI is InChI=1S/C10H18N4O2/c1-6(2)3-7(15)5-12-10(16)8-4-9(11)14-13-8/h4,6-7,15H,3,5H2,1-2H3,(H,12,16)(H3,11,13,14). The summed E-state index contributed by atoms with van der Waals surface area (Å²) in [7, 11) is 0. The summed E-state index contributed by atoms with van der Waals surface area (Å²) in [5.41, 5.74) is 5.67. The van der Waals surface area contributed by atoms with Gasteiger partial charge in [-0.3, -0.25) is 9.89 Å². The fourth-order valence-electron chi connectivity index (χ4n) is 1.39. The van der Waals surface area contributed by atoms with Gasteiger partial charge in [0.1, 0.15) is 11.5 Å². The number of rotatable bonds is 5. The number of hydrogen-bond acceptors (Lipinski definition) is 4. The Balaban J connectivity index is 2.35. The van der Waals surface area contributed by atoms with E-state index < -0.39 is 6.10 Å². The average molecular weight is 226 g/mol. The molecule has 0 saturated carbocycles. The number of aromatic nitrogens is 2. The molecule has 0 aliphatic heterocycles. The Morgan fingerprint density at radius 1 is 1.69 bits per heavy atom. The van der Waals surface area contributed by atoms with E-state index in [1.165, 1.54) is 6.07 Å². The third kappa shape index (κ3) is 3.90. The first-order valence-electron chi connectivity index (χ1n) is 5.26. The van der Waals surface area contributed by atoms with E-state index in [0.717, 1.165) is 0 Å². The van der Waals surface area contributed by atoms with Crippen LogP contribution in [0.4, 0.5) is 5.82 Å². The van der Waals surface area contributed by atoms with Gasteiger partial charge in [-0.15, -0.1) is 0 Å². The van der Waals surface area contributed by atoms with Gasteiger partial charge >= 0.3 is 0 Å². The van der Waals surface area contributed by atoms with E-state index in [1.54, 1.807) is 0 Å². The predicted octanol–water partition coefficient (Wildman–Crippen LogP) is 0.129. The summed E-state index contributed by atoms with van der Waals surface area (Å²) in [5.74, 6) is 0.356. The number of aliphatic hydroxyl groups excluding tert-OH is 1. The number of H-pyrrole nitrogens is 1. The van der Waals surface area contributed by atoms with Crippen molar-refractivity contribution in [3.8, 4) is 0 Å². The molecular weight excluding hydrogens is 208 g/mol. The van der Waals surface area contributed by atoms with Gasteiger partial charge in [0, 0.05) is 12.6 Å². The number of aliphatic hydroxyl groups is 1. The highest BCUT2D eigenvalue weighted by atomic mass is 16.3. The minimum absolute atomic E-state index is 0.232. The van der Waals surface area contributed by atoms with Crippen molar-refractivity contribution < 1.29 is 9.90 Å². The van der Waals surface area contributed by atoms with Crippen molar-refractivity contribution in [3.05, 3.63) is 11.8 Å². The van der Waals surface area contributed by atoms with Gasteiger partial charge in [-0.05, 0) is 12.3 Å². The van der Waals surface area contributed by atoms with Gasteiger partial charge in [0.05, 0.1) is 6.10 Å². The van der Waals surface area contributed by atoms with E-state index in [9.17, 15) is 9.90 Å². The zero-order valence-electron chi connectivity index (χ0n) is 9.53. The number of nitrogen functional groups attached to an aromatic ring is 1. The maximum absolute atomic E-state index is 11.5. The van der Waals surface area contributed by atoms with Crippen molar-refractivity contribution >= 4 is 11.7 Å². The summed E-state index contributed by atoms with van der Waals surface area (Å²) < 4.78 is 0. The lowest BCUT2D eigenvalue weighted by Crippen LogP contribution is -2.33. The van der Waals surface area contributed by atoms with Gasteiger partial charge in [-0.25, -0.2) is 0 Å². The van der Waals surface area contributed by atoms with Gasteiger partial charge in [0.15, 0.2) is 0 Å². The van der Waals surface area contributed by atoms with Crippen LogP contribution in [0.15, 0.2) is 6.07 Å². The van der Waals surface area contributed by atoms with E-state index in [1.807, 2.05) is 13.8 Å². The average Bonchev–Trinajstić information content (AvgIpc) is 2.60. The van der Waals surface area contributed by atoms with Crippen LogP contribution in [0.3, 0.4) is 0 Å². The second-order valence-corrected chi connectivity index (χ2v) is 4.20. The monoisotopic (exact) mass is 226 g/mol. The number of nitrogens with zero attached hydrogens (tertiary/aromatic N) is 1. The number of anilines is 1. The van der Waals surface area contributed by atoms with Gasteiger partial charge in [0.25, 0.3) is 5.91 Å². The van der Waals surface area contributed by atoms with Crippen LogP contribution in [0.25, 0.3) is 0 Å². The highest BCUT2D eigenvalue weighted by Gasteiger charge is 2.11. The van der Waals surface area contributed by atoms with E-state index in [4.69, 9.17) is 5.73 Å². The quantitative estimate of drug-likeness (QED) is 0.572. The highest BCUT2D eigenvalue weighted by molar-refractivity contribution is 5.92. The van der Waals surface area contributed by atoms with Crippen LogP contribution in [-0.4, -0.2) is 33.9 Å². The summed E-state index contributed by atoms with van der Waals surface area (Å²) in [6, 6.07) is 1.45. The molecule has 0 bridgehead atoms. The van der Waals surface area contributed by atoms with Gasteiger partial charge in [-0.2, -0.15) is 5.10 Å². The van der Waals surface area contributed by atoms with E-state index in [0.29, 0.717) is 18.0 Å². The smallest absolute Gasteiger partial charge is 0.269 e. The number of amides is 1. The fraction of sp³-hybridized carbons (Fsp3) is 0.600. The molecule has 0 aliphatic carbocycles. The lowest BCUT2D eigenvalue weighted by Gasteiger charge is -2.13. The Hall–Kier alpha value is -1.56. The summed E-state index contributed by atoms with van der Waals surface area (Å²) in [6.07, 6.45) is 0.134. The molecule has 0 aliphatic rings. The molecule has 1 amide bonds. The maximum atomic E-state index is 11.5. The van der Waals surface area contributed by atoms with Crippen molar-refractivity contribution in [1.82, 2.24) is 15.5 Å². The minimum atomic E-state index is -0.524.